The van der Waals surface area contributed by atoms with Crippen LogP contribution in [0.5, 0.6) is 0 Å². The summed E-state index contributed by atoms with van der Waals surface area (Å²) >= 11 is 0. The zero-order chi connectivity index (χ0) is 18.6. The summed E-state index contributed by atoms with van der Waals surface area (Å²) in [6, 6.07) is 10.8. The van der Waals surface area contributed by atoms with Gasteiger partial charge in [0.1, 0.15) is 6.07 Å². The molecule has 1 aromatic carbocycles. The molecule has 1 fully saturated rings. The van der Waals surface area contributed by atoms with Crippen LogP contribution < -0.4 is 0 Å². The first-order valence-electron chi connectivity index (χ1n) is 10.3. The number of unbranched alkanes of at least 4 members (excludes halogenated alkanes) is 4. The van der Waals surface area contributed by atoms with Gasteiger partial charge >= 0.3 is 0 Å². The van der Waals surface area contributed by atoms with Crippen molar-refractivity contribution < 1.29 is 4.39 Å². The van der Waals surface area contributed by atoms with Gasteiger partial charge in [-0.1, -0.05) is 69.0 Å². The average molecular weight is 354 g/mol. The Kier molecular flexibility index (Phi) is 9.18. The van der Waals surface area contributed by atoms with Crippen molar-refractivity contribution in [2.45, 2.75) is 77.0 Å². The molecule has 0 saturated heterocycles. The maximum Gasteiger partial charge on any atom is 0.199 e. The minimum Gasteiger partial charge on any atom is -0.195 e. The summed E-state index contributed by atoms with van der Waals surface area (Å²) in [4.78, 5) is 0. The number of benzene rings is 1. The molecule has 2 rings (SSSR count). The molecule has 0 spiro atoms. The van der Waals surface area contributed by atoms with Crippen LogP contribution in [0.25, 0.3) is 0 Å². The monoisotopic (exact) mass is 353 g/mol. The number of halogens is 1. The molecule has 0 heterocycles. The molecule has 0 radical (unpaired) electrons. The van der Waals surface area contributed by atoms with Gasteiger partial charge in [0.15, 0.2) is 5.83 Å². The first-order valence-corrected chi connectivity index (χ1v) is 10.3. The Morgan fingerprint density at radius 3 is 2.42 bits per heavy atom. The van der Waals surface area contributed by atoms with Gasteiger partial charge in [0, 0.05) is 0 Å². The zero-order valence-electron chi connectivity index (χ0n) is 16.1. The Hall–Kier alpha value is -1.88. The maximum absolute atomic E-state index is 12.8. The molecule has 0 unspecified atom stereocenters. The van der Waals surface area contributed by atoms with Crippen molar-refractivity contribution in [1.29, 1.82) is 5.26 Å². The van der Waals surface area contributed by atoms with Crippen molar-refractivity contribution in [3.05, 3.63) is 59.4 Å². The highest BCUT2D eigenvalue weighted by atomic mass is 19.1. The van der Waals surface area contributed by atoms with Crippen molar-refractivity contribution >= 4 is 0 Å². The maximum atomic E-state index is 12.8. The third kappa shape index (κ3) is 7.16. The third-order valence-electron chi connectivity index (χ3n) is 5.52. The topological polar surface area (TPSA) is 23.8 Å². The molecule has 140 valence electrons. The standard InChI is InChI=1S/C24H32FN/c1-2-3-4-5-6-8-20-11-15-22(16-12-20)23-17-13-21(14-18-23)9-7-10-24(25)19-26/h7,9-12,15-16,21,23H,2-6,8,13-14,17-18H2,1H3/b9-7+,24-10-. The second-order valence-corrected chi connectivity index (χ2v) is 7.53. The van der Waals surface area contributed by atoms with Crippen LogP contribution in [0.3, 0.4) is 0 Å². The number of nitriles is 1. The molecule has 26 heavy (non-hydrogen) atoms. The molecule has 0 aliphatic heterocycles. The van der Waals surface area contributed by atoms with Gasteiger partial charge in [-0.3, -0.25) is 0 Å². The smallest absolute Gasteiger partial charge is 0.195 e. The molecule has 1 saturated carbocycles. The van der Waals surface area contributed by atoms with E-state index in [1.165, 1.54) is 74.6 Å². The Morgan fingerprint density at radius 1 is 1.08 bits per heavy atom. The number of hydrogen-bond acceptors (Lipinski definition) is 1. The van der Waals surface area contributed by atoms with Crippen LogP contribution in [0, 0.1) is 17.2 Å². The normalized spacial score (nSPS) is 21.0. The van der Waals surface area contributed by atoms with E-state index in [2.05, 4.69) is 37.3 Å². The second-order valence-electron chi connectivity index (χ2n) is 7.53. The largest absolute Gasteiger partial charge is 0.199 e. The minimum atomic E-state index is -0.722. The molecule has 0 aromatic heterocycles. The molecule has 0 atom stereocenters. The van der Waals surface area contributed by atoms with Crippen molar-refractivity contribution in [2.24, 2.45) is 5.92 Å². The van der Waals surface area contributed by atoms with E-state index in [9.17, 15) is 4.39 Å². The van der Waals surface area contributed by atoms with E-state index in [-0.39, 0.29) is 0 Å². The van der Waals surface area contributed by atoms with Gasteiger partial charge in [0.25, 0.3) is 0 Å². The van der Waals surface area contributed by atoms with Crippen molar-refractivity contribution in [3.8, 4) is 6.07 Å². The lowest BCUT2D eigenvalue weighted by Crippen LogP contribution is -2.11. The molecule has 1 aliphatic rings. The van der Waals surface area contributed by atoms with Gasteiger partial charge in [-0.25, -0.2) is 0 Å². The van der Waals surface area contributed by atoms with E-state index < -0.39 is 5.83 Å². The minimum absolute atomic E-state index is 0.511. The first-order chi connectivity index (χ1) is 12.7. The van der Waals surface area contributed by atoms with Crippen LogP contribution in [0.1, 0.15) is 81.8 Å². The number of allylic oxidation sites excluding steroid dienone is 4. The van der Waals surface area contributed by atoms with Crippen LogP contribution in [-0.4, -0.2) is 0 Å². The number of aryl methyl sites for hydroxylation is 1. The lowest BCUT2D eigenvalue weighted by atomic mass is 9.78. The van der Waals surface area contributed by atoms with Gasteiger partial charge in [0.2, 0.25) is 0 Å². The fourth-order valence-corrected chi connectivity index (χ4v) is 3.87. The number of rotatable bonds is 9. The molecule has 1 aromatic rings. The van der Waals surface area contributed by atoms with E-state index in [0.29, 0.717) is 11.8 Å². The van der Waals surface area contributed by atoms with Crippen LogP contribution in [-0.2, 0) is 6.42 Å². The zero-order valence-corrected chi connectivity index (χ0v) is 16.1. The lowest BCUT2D eigenvalue weighted by molar-refractivity contribution is 0.376. The summed E-state index contributed by atoms with van der Waals surface area (Å²) in [6.07, 6.45) is 17.6. The molecular weight excluding hydrogens is 321 g/mol. The van der Waals surface area contributed by atoms with Gasteiger partial charge in [-0.05, 0) is 67.6 Å². The van der Waals surface area contributed by atoms with E-state index in [1.807, 2.05) is 0 Å². The molecule has 1 aliphatic carbocycles. The molecule has 1 nitrogen and oxygen atoms in total. The van der Waals surface area contributed by atoms with E-state index >= 15 is 0 Å². The highest BCUT2D eigenvalue weighted by Gasteiger charge is 2.20. The number of hydrogen-bond donors (Lipinski definition) is 0. The lowest BCUT2D eigenvalue weighted by Gasteiger charge is -2.27. The molecule has 0 amide bonds. The van der Waals surface area contributed by atoms with Crippen LogP contribution in [0.2, 0.25) is 0 Å². The molecule has 0 bridgehead atoms. The van der Waals surface area contributed by atoms with Crippen molar-refractivity contribution in [3.63, 3.8) is 0 Å². The third-order valence-corrected chi connectivity index (χ3v) is 5.52. The Labute approximate surface area is 158 Å². The van der Waals surface area contributed by atoms with Gasteiger partial charge in [-0.15, -0.1) is 0 Å². The van der Waals surface area contributed by atoms with E-state index in [4.69, 9.17) is 5.26 Å². The predicted molar refractivity (Wildman–Crippen MR) is 108 cm³/mol. The molecule has 0 N–H and O–H groups in total. The van der Waals surface area contributed by atoms with Gasteiger partial charge in [-0.2, -0.15) is 9.65 Å². The number of nitrogens with zero attached hydrogens (tertiary/aromatic N) is 1. The van der Waals surface area contributed by atoms with Crippen LogP contribution in [0.15, 0.2) is 48.3 Å². The van der Waals surface area contributed by atoms with Gasteiger partial charge < -0.3 is 0 Å². The van der Waals surface area contributed by atoms with Crippen molar-refractivity contribution in [1.82, 2.24) is 0 Å². The Bertz CT molecular complexity index is 613. The van der Waals surface area contributed by atoms with E-state index in [0.717, 1.165) is 12.8 Å². The van der Waals surface area contributed by atoms with Crippen LogP contribution >= 0.6 is 0 Å². The van der Waals surface area contributed by atoms with E-state index in [1.54, 1.807) is 6.08 Å². The first kappa shape index (κ1) is 20.4. The fraction of sp³-hybridized carbons (Fsp3) is 0.542. The van der Waals surface area contributed by atoms with Crippen LogP contribution in [0.4, 0.5) is 4.39 Å². The SMILES string of the molecule is CCCCCCCc1ccc(C2CCC(/C=C/C=C(\F)C#N)CC2)cc1. The quantitative estimate of drug-likeness (QED) is 0.258. The fourth-order valence-electron chi connectivity index (χ4n) is 3.87. The predicted octanol–water partition coefficient (Wildman–Crippen LogP) is 7.41. The second kappa shape index (κ2) is 11.7. The summed E-state index contributed by atoms with van der Waals surface area (Å²) in [6.45, 7) is 2.26. The summed E-state index contributed by atoms with van der Waals surface area (Å²) in [5.74, 6) is 0.446. The highest BCUT2D eigenvalue weighted by molar-refractivity contribution is 5.26. The Morgan fingerprint density at radius 2 is 1.77 bits per heavy atom. The summed E-state index contributed by atoms with van der Waals surface area (Å²) in [7, 11) is 0. The summed E-state index contributed by atoms with van der Waals surface area (Å²) < 4.78 is 12.8. The highest BCUT2D eigenvalue weighted by Crippen LogP contribution is 2.36. The summed E-state index contributed by atoms with van der Waals surface area (Å²) in [5, 5.41) is 8.41. The molecular formula is C24H32FN. The summed E-state index contributed by atoms with van der Waals surface area (Å²) in [5.41, 5.74) is 2.94. The molecule has 2 heteroatoms. The average Bonchev–Trinajstić information content (AvgIpc) is 2.69. The van der Waals surface area contributed by atoms with Gasteiger partial charge in [0.05, 0.1) is 0 Å². The Balaban J connectivity index is 1.74. The van der Waals surface area contributed by atoms with Crippen molar-refractivity contribution in [2.75, 3.05) is 0 Å².